The lowest BCUT2D eigenvalue weighted by Gasteiger charge is -2.16. The zero-order valence-electron chi connectivity index (χ0n) is 7.56. The summed E-state index contributed by atoms with van der Waals surface area (Å²) in [6.07, 6.45) is 5.13. The molecule has 0 aliphatic heterocycles. The van der Waals surface area contributed by atoms with E-state index < -0.39 is 6.10 Å². The van der Waals surface area contributed by atoms with Gasteiger partial charge >= 0.3 is 0 Å². The minimum absolute atomic E-state index is 0.104. The molecule has 1 saturated carbocycles. The molecule has 14 heavy (non-hydrogen) atoms. The third-order valence-corrected chi connectivity index (χ3v) is 3.16. The monoisotopic (exact) mass is 258 g/mol. The van der Waals surface area contributed by atoms with Crippen molar-refractivity contribution in [3.05, 3.63) is 27.4 Å². The smallest absolute Gasteiger partial charge is 0.267 e. The predicted molar refractivity (Wildman–Crippen MR) is 55.1 cm³/mol. The maximum Gasteiger partial charge on any atom is 0.267 e. The summed E-state index contributed by atoms with van der Waals surface area (Å²) in [6, 6.07) is -0.104. The first-order valence-corrected chi connectivity index (χ1v) is 5.39. The molecule has 1 aliphatic carbocycles. The second-order valence-electron chi connectivity index (χ2n) is 3.52. The molecule has 4 nitrogen and oxygen atoms in total. The molecule has 5 heteroatoms. The zero-order valence-corrected chi connectivity index (χ0v) is 9.14. The molecule has 76 valence electrons. The molecular weight excluding hydrogens is 248 g/mol. The van der Waals surface area contributed by atoms with E-state index in [0.717, 1.165) is 19.3 Å². The van der Waals surface area contributed by atoms with Crippen LogP contribution < -0.4 is 5.56 Å². The van der Waals surface area contributed by atoms with Crippen LogP contribution in [0.5, 0.6) is 0 Å². The summed E-state index contributed by atoms with van der Waals surface area (Å²) in [7, 11) is 0. The van der Waals surface area contributed by atoms with Gasteiger partial charge in [-0.15, -0.1) is 0 Å². The van der Waals surface area contributed by atoms with Crippen molar-refractivity contribution in [2.45, 2.75) is 31.4 Å². The van der Waals surface area contributed by atoms with Crippen molar-refractivity contribution in [1.82, 2.24) is 9.55 Å². The average molecular weight is 259 g/mol. The normalized spacial score (nSPS) is 26.7. The summed E-state index contributed by atoms with van der Waals surface area (Å²) in [5.74, 6) is 0. The van der Waals surface area contributed by atoms with Gasteiger partial charge in [-0.2, -0.15) is 0 Å². The fourth-order valence-corrected chi connectivity index (χ4v) is 2.21. The summed E-state index contributed by atoms with van der Waals surface area (Å²) in [4.78, 5) is 15.6. The van der Waals surface area contributed by atoms with Gasteiger partial charge in [0.1, 0.15) is 4.47 Å². The van der Waals surface area contributed by atoms with E-state index in [1.807, 2.05) is 0 Å². The van der Waals surface area contributed by atoms with Gasteiger partial charge in [-0.05, 0) is 35.2 Å². The van der Waals surface area contributed by atoms with Crippen molar-refractivity contribution in [3.8, 4) is 0 Å². The third-order valence-electron chi connectivity index (χ3n) is 2.62. The Bertz CT molecular complexity index is 391. The lowest BCUT2D eigenvalue weighted by atomic mass is 10.2. The fourth-order valence-electron chi connectivity index (χ4n) is 1.88. The van der Waals surface area contributed by atoms with E-state index in [9.17, 15) is 9.90 Å². The molecule has 1 fully saturated rings. The highest BCUT2D eigenvalue weighted by Crippen LogP contribution is 2.28. The van der Waals surface area contributed by atoms with Crippen LogP contribution in [-0.2, 0) is 0 Å². The van der Waals surface area contributed by atoms with E-state index in [1.165, 1.54) is 17.1 Å². The second-order valence-corrected chi connectivity index (χ2v) is 4.37. The van der Waals surface area contributed by atoms with E-state index in [0.29, 0.717) is 4.47 Å². The van der Waals surface area contributed by atoms with E-state index in [1.54, 1.807) is 0 Å². The quantitative estimate of drug-likeness (QED) is 0.821. The van der Waals surface area contributed by atoms with Crippen LogP contribution in [0.25, 0.3) is 0 Å². The van der Waals surface area contributed by atoms with E-state index in [2.05, 4.69) is 20.9 Å². The molecule has 1 N–H and O–H groups in total. The minimum atomic E-state index is -0.413. The molecule has 1 heterocycles. The lowest BCUT2D eigenvalue weighted by molar-refractivity contribution is 0.134. The maximum atomic E-state index is 11.7. The zero-order chi connectivity index (χ0) is 10.1. The molecule has 0 bridgehead atoms. The van der Waals surface area contributed by atoms with Crippen LogP contribution in [0.15, 0.2) is 21.8 Å². The van der Waals surface area contributed by atoms with Crippen molar-refractivity contribution in [3.63, 3.8) is 0 Å². The van der Waals surface area contributed by atoms with Crippen LogP contribution in [0.4, 0.5) is 0 Å². The van der Waals surface area contributed by atoms with Crippen LogP contribution in [0.1, 0.15) is 25.3 Å². The third kappa shape index (κ3) is 1.62. The van der Waals surface area contributed by atoms with E-state index >= 15 is 0 Å². The first-order chi connectivity index (χ1) is 6.70. The summed E-state index contributed by atoms with van der Waals surface area (Å²) >= 11 is 3.14. The number of hydrogen-bond acceptors (Lipinski definition) is 3. The standard InChI is InChI=1S/C9H11BrN2O2/c10-6-4-11-5-12(9(6)14)7-2-1-3-8(7)13/h4-5,7-8,13H,1-3H2/t7-,8-/m0/s1. The Balaban J connectivity index is 2.41. The molecule has 0 aromatic carbocycles. The number of halogens is 1. The largest absolute Gasteiger partial charge is 0.391 e. The summed E-state index contributed by atoms with van der Waals surface area (Å²) in [5, 5.41) is 9.65. The topological polar surface area (TPSA) is 55.1 Å². The molecule has 0 radical (unpaired) electrons. The van der Waals surface area contributed by atoms with Crippen LogP contribution in [0.3, 0.4) is 0 Å². The Morgan fingerprint density at radius 1 is 1.57 bits per heavy atom. The van der Waals surface area contributed by atoms with Crippen LogP contribution in [0.2, 0.25) is 0 Å². The molecule has 0 spiro atoms. The SMILES string of the molecule is O=c1c(Br)cncn1[C@H]1CCC[C@@H]1O. The Morgan fingerprint density at radius 3 is 3.00 bits per heavy atom. The van der Waals surface area contributed by atoms with Crippen molar-refractivity contribution in [1.29, 1.82) is 0 Å². The lowest BCUT2D eigenvalue weighted by Crippen LogP contribution is -2.29. The maximum absolute atomic E-state index is 11.7. The van der Waals surface area contributed by atoms with Crippen molar-refractivity contribution in [2.24, 2.45) is 0 Å². The van der Waals surface area contributed by atoms with Crippen molar-refractivity contribution >= 4 is 15.9 Å². The molecular formula is C9H11BrN2O2. The van der Waals surface area contributed by atoms with Crippen LogP contribution in [-0.4, -0.2) is 20.8 Å². The predicted octanol–water partition coefficient (Wildman–Crippen LogP) is 1.09. The van der Waals surface area contributed by atoms with Crippen molar-refractivity contribution < 1.29 is 5.11 Å². The number of aliphatic hydroxyl groups is 1. The van der Waals surface area contributed by atoms with Gasteiger partial charge in [-0.1, -0.05) is 0 Å². The van der Waals surface area contributed by atoms with Gasteiger partial charge in [0.2, 0.25) is 0 Å². The van der Waals surface area contributed by atoms with Gasteiger partial charge in [0.25, 0.3) is 5.56 Å². The molecule has 1 aliphatic rings. The molecule has 0 saturated heterocycles. The van der Waals surface area contributed by atoms with E-state index in [4.69, 9.17) is 0 Å². The second kappa shape index (κ2) is 3.82. The highest BCUT2D eigenvalue weighted by molar-refractivity contribution is 9.10. The van der Waals surface area contributed by atoms with Gasteiger partial charge in [-0.25, -0.2) is 4.98 Å². The summed E-state index contributed by atoms with van der Waals surface area (Å²) in [6.45, 7) is 0. The molecule has 0 amide bonds. The highest BCUT2D eigenvalue weighted by atomic mass is 79.9. The van der Waals surface area contributed by atoms with Gasteiger partial charge in [0, 0.05) is 6.20 Å². The number of aromatic nitrogens is 2. The van der Waals surface area contributed by atoms with Gasteiger partial charge in [-0.3, -0.25) is 9.36 Å². The highest BCUT2D eigenvalue weighted by Gasteiger charge is 2.27. The number of aliphatic hydroxyl groups excluding tert-OH is 1. The van der Waals surface area contributed by atoms with Crippen molar-refractivity contribution in [2.75, 3.05) is 0 Å². The molecule has 0 unspecified atom stereocenters. The number of rotatable bonds is 1. The fraction of sp³-hybridized carbons (Fsp3) is 0.556. The van der Waals surface area contributed by atoms with Gasteiger partial charge < -0.3 is 5.11 Å². The van der Waals surface area contributed by atoms with E-state index in [-0.39, 0.29) is 11.6 Å². The average Bonchev–Trinajstić information content (AvgIpc) is 2.57. The molecule has 1 aromatic rings. The molecule has 1 aromatic heterocycles. The van der Waals surface area contributed by atoms with Crippen LogP contribution >= 0.6 is 15.9 Å². The van der Waals surface area contributed by atoms with Gasteiger partial charge in [0.05, 0.1) is 18.5 Å². The Hall–Kier alpha value is -0.680. The number of hydrogen-bond donors (Lipinski definition) is 1. The number of nitrogens with zero attached hydrogens (tertiary/aromatic N) is 2. The first-order valence-electron chi connectivity index (χ1n) is 4.60. The first kappa shape index (κ1) is 9.86. The molecule has 2 rings (SSSR count). The minimum Gasteiger partial charge on any atom is -0.391 e. The van der Waals surface area contributed by atoms with Gasteiger partial charge in [0.15, 0.2) is 0 Å². The summed E-state index contributed by atoms with van der Waals surface area (Å²) in [5.41, 5.74) is -0.119. The molecule has 2 atom stereocenters. The summed E-state index contributed by atoms with van der Waals surface area (Å²) < 4.78 is 1.96. The Labute approximate surface area is 89.7 Å². The Morgan fingerprint density at radius 2 is 2.36 bits per heavy atom. The van der Waals surface area contributed by atoms with Crippen LogP contribution in [0, 0.1) is 0 Å². The Kier molecular flexibility index (Phi) is 2.69.